The van der Waals surface area contributed by atoms with Crippen molar-refractivity contribution in [3.63, 3.8) is 0 Å². The van der Waals surface area contributed by atoms with Crippen molar-refractivity contribution in [2.75, 3.05) is 6.61 Å². The molecule has 0 amide bonds. The Hall–Kier alpha value is -0.0736. The van der Waals surface area contributed by atoms with Crippen LogP contribution < -0.4 is 66.0 Å². The van der Waals surface area contributed by atoms with Crippen LogP contribution in [-0.4, -0.2) is 18.7 Å². The molecule has 0 saturated heterocycles. The molecule has 0 aliphatic carbocycles. The number of hydrogen-bond donors (Lipinski definition) is 0. The van der Waals surface area contributed by atoms with Crippen LogP contribution in [0.15, 0.2) is 24.3 Å². The molecule has 1 aromatic carbocycles. The zero-order valence-electron chi connectivity index (χ0n) is 7.73. The molecule has 5 heteroatoms. The summed E-state index contributed by atoms with van der Waals surface area (Å²) in [5.41, 5.74) is 0. The van der Waals surface area contributed by atoms with E-state index in [1.807, 2.05) is 0 Å². The van der Waals surface area contributed by atoms with Crippen LogP contribution in [0.3, 0.4) is 0 Å². The van der Waals surface area contributed by atoms with E-state index in [-0.39, 0.29) is 58.0 Å². The van der Waals surface area contributed by atoms with E-state index >= 15 is 0 Å². The van der Waals surface area contributed by atoms with Crippen LogP contribution in [0.5, 0.6) is 11.5 Å². The van der Waals surface area contributed by atoms with Gasteiger partial charge >= 0.3 is 51.4 Å². The minimum atomic E-state index is -1.26. The summed E-state index contributed by atoms with van der Waals surface area (Å²) in [6.45, 7) is -0.000648. The molecule has 0 radical (unpaired) electrons. The summed E-state index contributed by atoms with van der Waals surface area (Å²) >= 11 is 0. The minimum absolute atomic E-state index is 0. The topological polar surface area (TPSA) is 58.6 Å². The number of carboxylic acids is 1. The second-order valence-corrected chi connectivity index (χ2v) is 2.68. The van der Waals surface area contributed by atoms with Crippen LogP contribution in [-0.2, 0) is 4.79 Å². The molecule has 0 saturated carbocycles. The Morgan fingerprint density at radius 2 is 2.00 bits per heavy atom. The summed E-state index contributed by atoms with van der Waals surface area (Å²) in [5.74, 6) is -0.238. The van der Waals surface area contributed by atoms with Crippen LogP contribution in [0, 0.1) is 0 Å². The summed E-state index contributed by atoms with van der Waals surface area (Å²) in [6, 6.07) is 6.92. The fraction of sp³-hybridized carbons (Fsp3) is 0.222. The Morgan fingerprint density at radius 3 is 2.64 bits per heavy atom. The van der Waals surface area contributed by atoms with Gasteiger partial charge in [-0.25, -0.2) is 0 Å². The van der Waals surface area contributed by atoms with Crippen molar-refractivity contribution in [3.05, 3.63) is 24.3 Å². The smallest absolute Gasteiger partial charge is 0.546 e. The monoisotopic (exact) mass is 218 g/mol. The molecule has 4 nitrogen and oxygen atoms in total. The van der Waals surface area contributed by atoms with Crippen molar-refractivity contribution < 1.29 is 70.8 Å². The fourth-order valence-corrected chi connectivity index (χ4v) is 1.14. The molecule has 2 rings (SSSR count). The quantitative estimate of drug-likeness (QED) is 0.461. The van der Waals surface area contributed by atoms with Crippen molar-refractivity contribution in [1.29, 1.82) is 0 Å². The van der Waals surface area contributed by atoms with Gasteiger partial charge in [0.1, 0.15) is 6.61 Å². The summed E-state index contributed by atoms with van der Waals surface area (Å²) in [7, 11) is 0. The second-order valence-electron chi connectivity index (χ2n) is 2.68. The first kappa shape index (κ1) is 12.0. The third-order valence-corrected chi connectivity index (χ3v) is 1.77. The van der Waals surface area contributed by atoms with Gasteiger partial charge in [-0.15, -0.1) is 0 Å². The number of carboxylic acid groups (broad SMARTS) is 1. The van der Waals surface area contributed by atoms with Gasteiger partial charge in [-0.1, -0.05) is 12.1 Å². The number of benzene rings is 1. The van der Waals surface area contributed by atoms with Crippen molar-refractivity contribution in [2.24, 2.45) is 0 Å². The van der Waals surface area contributed by atoms with Crippen LogP contribution in [0.25, 0.3) is 0 Å². The number of carbonyl (C=O) groups excluding carboxylic acids is 1. The number of hydrogen-bond acceptors (Lipinski definition) is 4. The molecule has 1 aromatic rings. The van der Waals surface area contributed by atoms with Gasteiger partial charge in [-0.2, -0.15) is 0 Å². The first-order valence-corrected chi connectivity index (χ1v) is 3.87. The van der Waals surface area contributed by atoms with Crippen molar-refractivity contribution in [3.8, 4) is 11.5 Å². The third kappa shape index (κ3) is 2.49. The average Bonchev–Trinajstić information content (AvgIpc) is 2.17. The van der Waals surface area contributed by atoms with Crippen LogP contribution >= 0.6 is 0 Å². The molecule has 0 spiro atoms. The van der Waals surface area contributed by atoms with E-state index in [0.29, 0.717) is 11.5 Å². The zero-order chi connectivity index (χ0) is 9.26. The molecule has 1 aliphatic heterocycles. The number of para-hydroxylation sites is 2. The average molecular weight is 218 g/mol. The van der Waals surface area contributed by atoms with Gasteiger partial charge < -0.3 is 19.4 Å². The number of rotatable bonds is 1. The molecule has 1 unspecified atom stereocenters. The molecule has 14 heavy (non-hydrogen) atoms. The minimum Gasteiger partial charge on any atom is -0.546 e. The summed E-state index contributed by atoms with van der Waals surface area (Å²) in [4.78, 5) is 10.4. The maximum atomic E-state index is 10.4. The summed E-state index contributed by atoms with van der Waals surface area (Å²) in [5, 5.41) is 10.4. The van der Waals surface area contributed by atoms with E-state index in [1.165, 1.54) is 0 Å². The van der Waals surface area contributed by atoms with Crippen LogP contribution in [0.2, 0.25) is 0 Å². The Labute approximate surface area is 124 Å². The molecule has 1 aliphatic rings. The fourth-order valence-electron chi connectivity index (χ4n) is 1.14. The molecule has 0 aromatic heterocycles. The van der Waals surface area contributed by atoms with E-state index < -0.39 is 12.1 Å². The SMILES string of the molecule is O=C([O-])C1COc2ccccc2O1.[K+]. The van der Waals surface area contributed by atoms with Gasteiger partial charge in [0.2, 0.25) is 0 Å². The molecule has 0 N–H and O–H groups in total. The van der Waals surface area contributed by atoms with Crippen LogP contribution in [0.4, 0.5) is 0 Å². The Morgan fingerprint density at radius 1 is 1.36 bits per heavy atom. The number of fused-ring (bicyclic) bond motifs is 1. The molecular formula is C9H7KO4. The van der Waals surface area contributed by atoms with E-state index in [9.17, 15) is 9.90 Å². The predicted molar refractivity (Wildman–Crippen MR) is 41.4 cm³/mol. The third-order valence-electron chi connectivity index (χ3n) is 1.77. The summed E-state index contributed by atoms with van der Waals surface area (Å²) in [6.07, 6.45) is -1.00. The van der Waals surface area contributed by atoms with Crippen molar-refractivity contribution in [2.45, 2.75) is 6.10 Å². The van der Waals surface area contributed by atoms with Crippen molar-refractivity contribution >= 4 is 5.97 Å². The van der Waals surface area contributed by atoms with Gasteiger partial charge in [0.25, 0.3) is 0 Å². The molecule has 68 valence electrons. The number of aliphatic carboxylic acids is 1. The van der Waals surface area contributed by atoms with Gasteiger partial charge in [0, 0.05) is 0 Å². The first-order valence-electron chi connectivity index (χ1n) is 3.87. The first-order chi connectivity index (χ1) is 6.27. The molecule has 0 fully saturated rings. The second kappa shape index (κ2) is 5.13. The van der Waals surface area contributed by atoms with Crippen LogP contribution in [0.1, 0.15) is 0 Å². The maximum absolute atomic E-state index is 10.4. The molecule has 1 atom stereocenters. The van der Waals surface area contributed by atoms with Gasteiger partial charge in [0.15, 0.2) is 17.6 Å². The van der Waals surface area contributed by atoms with E-state index in [2.05, 4.69) is 0 Å². The Balaban J connectivity index is 0.000000980. The normalized spacial score (nSPS) is 18.1. The largest absolute Gasteiger partial charge is 1.00 e. The van der Waals surface area contributed by atoms with E-state index in [0.717, 1.165) is 0 Å². The Kier molecular flexibility index (Phi) is 4.40. The molecule has 1 heterocycles. The molecular weight excluding hydrogens is 211 g/mol. The Bertz CT molecular complexity index is 339. The summed E-state index contributed by atoms with van der Waals surface area (Å²) < 4.78 is 10.3. The van der Waals surface area contributed by atoms with Gasteiger partial charge in [-0.3, -0.25) is 0 Å². The number of carbonyl (C=O) groups is 1. The van der Waals surface area contributed by atoms with Gasteiger partial charge in [0.05, 0.1) is 5.97 Å². The van der Waals surface area contributed by atoms with E-state index in [1.54, 1.807) is 24.3 Å². The maximum Gasteiger partial charge on any atom is 1.00 e. The van der Waals surface area contributed by atoms with Gasteiger partial charge in [-0.05, 0) is 12.1 Å². The number of ether oxygens (including phenoxy) is 2. The van der Waals surface area contributed by atoms with E-state index in [4.69, 9.17) is 9.47 Å². The predicted octanol–water partition coefficient (Wildman–Crippen LogP) is -3.42. The van der Waals surface area contributed by atoms with Crippen molar-refractivity contribution in [1.82, 2.24) is 0 Å². The zero-order valence-corrected chi connectivity index (χ0v) is 10.8. The standard InChI is InChI=1S/C9H8O4.K/c10-9(11)8-5-12-6-3-1-2-4-7(6)13-8;/h1-4,8H,5H2,(H,10,11);/q;+1/p-1. The molecule has 0 bridgehead atoms.